The number of rotatable bonds is 3. The van der Waals surface area contributed by atoms with Gasteiger partial charge in [-0.1, -0.05) is 35.9 Å². The van der Waals surface area contributed by atoms with Gasteiger partial charge in [0.15, 0.2) is 5.11 Å². The Morgan fingerprint density at radius 3 is 2.80 bits per heavy atom. The largest absolute Gasteiger partial charge is 0.336 e. The van der Waals surface area contributed by atoms with Crippen LogP contribution in [0, 0.1) is 12.7 Å². The van der Waals surface area contributed by atoms with Crippen LogP contribution in [0.5, 0.6) is 0 Å². The molecule has 132 valence electrons. The molecule has 0 radical (unpaired) electrons. The maximum atomic E-state index is 13.9. The Bertz CT molecular complexity index is 768. The van der Waals surface area contributed by atoms with E-state index in [4.69, 9.17) is 23.8 Å². The van der Waals surface area contributed by atoms with Gasteiger partial charge in [0.25, 0.3) is 0 Å². The van der Waals surface area contributed by atoms with Crippen LogP contribution in [0.3, 0.4) is 0 Å². The SMILES string of the molecule is Cc1ccc(NC(=S)N2CCCN(Cc3ccccc3F)C2)cc1Cl. The molecule has 0 aliphatic carbocycles. The van der Waals surface area contributed by atoms with E-state index in [1.165, 1.54) is 6.07 Å². The fourth-order valence-corrected chi connectivity index (χ4v) is 3.35. The van der Waals surface area contributed by atoms with Crippen molar-refractivity contribution >= 4 is 34.6 Å². The minimum Gasteiger partial charge on any atom is -0.336 e. The van der Waals surface area contributed by atoms with E-state index in [1.807, 2.05) is 37.3 Å². The molecule has 0 saturated carbocycles. The topological polar surface area (TPSA) is 18.5 Å². The van der Waals surface area contributed by atoms with Crippen molar-refractivity contribution < 1.29 is 4.39 Å². The van der Waals surface area contributed by atoms with Gasteiger partial charge in [0, 0.05) is 35.9 Å². The smallest absolute Gasteiger partial charge is 0.174 e. The molecule has 2 aromatic rings. The maximum Gasteiger partial charge on any atom is 0.174 e. The molecule has 1 N–H and O–H groups in total. The van der Waals surface area contributed by atoms with Crippen molar-refractivity contribution in [1.29, 1.82) is 0 Å². The summed E-state index contributed by atoms with van der Waals surface area (Å²) in [5.74, 6) is -0.158. The molecule has 3 rings (SSSR count). The normalized spacial score (nSPS) is 15.2. The summed E-state index contributed by atoms with van der Waals surface area (Å²) in [4.78, 5) is 4.31. The van der Waals surface area contributed by atoms with E-state index < -0.39 is 0 Å². The van der Waals surface area contributed by atoms with Crippen LogP contribution in [0.25, 0.3) is 0 Å². The molecule has 0 spiro atoms. The molecule has 3 nitrogen and oxygen atoms in total. The number of thiocarbonyl (C=S) groups is 1. The fourth-order valence-electron chi connectivity index (χ4n) is 2.90. The number of anilines is 1. The zero-order chi connectivity index (χ0) is 17.8. The number of hydrogen-bond donors (Lipinski definition) is 1. The minimum absolute atomic E-state index is 0.158. The molecule has 0 aromatic heterocycles. The Kier molecular flexibility index (Phi) is 5.89. The molecule has 2 aromatic carbocycles. The Morgan fingerprint density at radius 1 is 1.24 bits per heavy atom. The van der Waals surface area contributed by atoms with E-state index in [2.05, 4.69) is 15.1 Å². The van der Waals surface area contributed by atoms with Crippen LogP contribution >= 0.6 is 23.8 Å². The molecule has 0 unspecified atom stereocenters. The summed E-state index contributed by atoms with van der Waals surface area (Å²) < 4.78 is 13.9. The van der Waals surface area contributed by atoms with E-state index in [1.54, 1.807) is 6.07 Å². The molecule has 0 bridgehead atoms. The van der Waals surface area contributed by atoms with Crippen LogP contribution in [-0.2, 0) is 6.54 Å². The molecule has 0 amide bonds. The van der Waals surface area contributed by atoms with Crippen molar-refractivity contribution in [3.63, 3.8) is 0 Å². The molecule has 1 aliphatic heterocycles. The maximum absolute atomic E-state index is 13.9. The van der Waals surface area contributed by atoms with Crippen molar-refractivity contribution in [2.45, 2.75) is 19.9 Å². The lowest BCUT2D eigenvalue weighted by Gasteiger charge is -2.37. The molecule has 1 saturated heterocycles. The van der Waals surface area contributed by atoms with Gasteiger partial charge in [-0.15, -0.1) is 0 Å². The van der Waals surface area contributed by atoms with Gasteiger partial charge in [-0.25, -0.2) is 4.39 Å². The second-order valence-electron chi connectivity index (χ2n) is 6.30. The van der Waals surface area contributed by atoms with Crippen molar-refractivity contribution in [2.24, 2.45) is 0 Å². The molecule has 0 atom stereocenters. The van der Waals surface area contributed by atoms with Gasteiger partial charge in [0.2, 0.25) is 0 Å². The highest BCUT2D eigenvalue weighted by Gasteiger charge is 2.20. The van der Waals surface area contributed by atoms with Crippen LogP contribution in [0.1, 0.15) is 17.5 Å². The first-order chi connectivity index (χ1) is 12.0. The van der Waals surface area contributed by atoms with Gasteiger partial charge in [-0.2, -0.15) is 0 Å². The van der Waals surface area contributed by atoms with E-state index in [9.17, 15) is 4.39 Å². The zero-order valence-electron chi connectivity index (χ0n) is 14.1. The molecule has 1 aliphatic rings. The number of hydrogen-bond acceptors (Lipinski definition) is 2. The van der Waals surface area contributed by atoms with E-state index in [-0.39, 0.29) is 5.82 Å². The summed E-state index contributed by atoms with van der Waals surface area (Å²) in [6.45, 7) is 5.06. The second-order valence-corrected chi connectivity index (χ2v) is 7.09. The summed E-state index contributed by atoms with van der Waals surface area (Å²) in [5, 5.41) is 4.63. The first kappa shape index (κ1) is 18.1. The van der Waals surface area contributed by atoms with E-state index in [0.29, 0.717) is 28.9 Å². The molecular formula is C19H21ClFN3S. The lowest BCUT2D eigenvalue weighted by molar-refractivity contribution is 0.132. The van der Waals surface area contributed by atoms with Crippen molar-refractivity contribution in [1.82, 2.24) is 9.80 Å². The monoisotopic (exact) mass is 377 g/mol. The summed E-state index contributed by atoms with van der Waals surface area (Å²) in [6.07, 6.45) is 0.991. The second kappa shape index (κ2) is 8.13. The Labute approximate surface area is 158 Å². The van der Waals surface area contributed by atoms with Crippen LogP contribution in [0.4, 0.5) is 10.1 Å². The van der Waals surface area contributed by atoms with E-state index in [0.717, 1.165) is 30.8 Å². The third-order valence-electron chi connectivity index (χ3n) is 4.34. The molecule has 25 heavy (non-hydrogen) atoms. The number of aryl methyl sites for hydroxylation is 1. The average Bonchev–Trinajstić information content (AvgIpc) is 2.60. The number of halogens is 2. The third kappa shape index (κ3) is 4.69. The first-order valence-corrected chi connectivity index (χ1v) is 9.09. The third-order valence-corrected chi connectivity index (χ3v) is 5.10. The molecular weight excluding hydrogens is 357 g/mol. The minimum atomic E-state index is -0.158. The highest BCUT2D eigenvalue weighted by molar-refractivity contribution is 7.80. The van der Waals surface area contributed by atoms with Gasteiger partial charge < -0.3 is 10.2 Å². The molecule has 6 heteroatoms. The molecule has 1 heterocycles. The van der Waals surface area contributed by atoms with Gasteiger partial charge in [0.1, 0.15) is 5.82 Å². The number of nitrogens with zero attached hydrogens (tertiary/aromatic N) is 2. The van der Waals surface area contributed by atoms with Crippen molar-refractivity contribution in [3.8, 4) is 0 Å². The Balaban J connectivity index is 1.61. The van der Waals surface area contributed by atoms with Gasteiger partial charge in [0.05, 0.1) is 6.67 Å². The lowest BCUT2D eigenvalue weighted by atomic mass is 10.2. The number of benzene rings is 2. The summed E-state index contributed by atoms with van der Waals surface area (Å²) in [5.41, 5.74) is 2.63. The predicted octanol–water partition coefficient (Wildman–Crippen LogP) is 4.65. The highest BCUT2D eigenvalue weighted by atomic mass is 35.5. The zero-order valence-corrected chi connectivity index (χ0v) is 15.7. The summed E-state index contributed by atoms with van der Waals surface area (Å²) >= 11 is 11.7. The average molecular weight is 378 g/mol. The molecule has 1 fully saturated rings. The fraction of sp³-hybridized carbons (Fsp3) is 0.316. The Hall–Kier alpha value is -1.69. The van der Waals surface area contributed by atoms with Crippen LogP contribution in [0.2, 0.25) is 5.02 Å². The lowest BCUT2D eigenvalue weighted by Crippen LogP contribution is -2.48. The van der Waals surface area contributed by atoms with E-state index >= 15 is 0 Å². The van der Waals surface area contributed by atoms with Gasteiger partial charge >= 0.3 is 0 Å². The number of nitrogens with one attached hydrogen (secondary N) is 1. The highest BCUT2D eigenvalue weighted by Crippen LogP contribution is 2.21. The van der Waals surface area contributed by atoms with Gasteiger partial charge in [-0.05, 0) is 49.3 Å². The van der Waals surface area contributed by atoms with Crippen molar-refractivity contribution in [2.75, 3.05) is 25.1 Å². The quantitative estimate of drug-likeness (QED) is 0.784. The summed E-state index contributed by atoms with van der Waals surface area (Å²) in [6, 6.07) is 12.7. The summed E-state index contributed by atoms with van der Waals surface area (Å²) in [7, 11) is 0. The first-order valence-electron chi connectivity index (χ1n) is 8.31. The van der Waals surface area contributed by atoms with Crippen LogP contribution in [-0.4, -0.2) is 34.7 Å². The standard InChI is InChI=1S/C19H21ClFN3S/c1-14-7-8-16(11-17(14)20)22-19(25)24-10-4-9-23(13-24)12-15-5-2-3-6-18(15)21/h2-3,5-8,11H,4,9-10,12-13H2,1H3,(H,22,25). The van der Waals surface area contributed by atoms with Gasteiger partial charge in [-0.3, -0.25) is 4.90 Å². The predicted molar refractivity (Wildman–Crippen MR) is 105 cm³/mol. The van der Waals surface area contributed by atoms with Crippen LogP contribution < -0.4 is 5.32 Å². The van der Waals surface area contributed by atoms with Crippen molar-refractivity contribution in [3.05, 3.63) is 64.4 Å². The Morgan fingerprint density at radius 2 is 2.04 bits per heavy atom. The van der Waals surface area contributed by atoms with Crippen LogP contribution in [0.15, 0.2) is 42.5 Å².